The lowest BCUT2D eigenvalue weighted by atomic mass is 9.73. The SMILES string of the molecule is Cc1cc(C)cc(NC(=O)[C@@H]2[C@@H]3C=C[C@]4(O3)[C@@H]2C(=O)N(CCCN2CCC[C@H](C)C2)[C@H]4C(=O)N[C@@H]2CCC[C@H](C)[C@H]2C)c1. The van der Waals surface area contributed by atoms with E-state index in [1.165, 1.54) is 19.3 Å². The highest BCUT2D eigenvalue weighted by atomic mass is 16.5. The maximum atomic E-state index is 14.3. The third-order valence-corrected chi connectivity index (χ3v) is 11.1. The molecule has 1 aromatic rings. The van der Waals surface area contributed by atoms with Crippen molar-refractivity contribution in [1.82, 2.24) is 15.1 Å². The number of nitrogens with one attached hydrogen (secondary N) is 2. The summed E-state index contributed by atoms with van der Waals surface area (Å²) >= 11 is 0. The van der Waals surface area contributed by atoms with Gasteiger partial charge in [0.2, 0.25) is 17.7 Å². The van der Waals surface area contributed by atoms with Gasteiger partial charge < -0.3 is 25.2 Å². The Morgan fingerprint density at radius 1 is 1.00 bits per heavy atom. The highest BCUT2D eigenvalue weighted by molar-refractivity contribution is 6.02. The van der Waals surface area contributed by atoms with E-state index in [1.54, 1.807) is 4.90 Å². The molecule has 43 heavy (non-hydrogen) atoms. The Balaban J connectivity index is 1.25. The monoisotopic (exact) mass is 590 g/mol. The zero-order valence-corrected chi connectivity index (χ0v) is 26.6. The Hall–Kier alpha value is -2.71. The highest BCUT2D eigenvalue weighted by Gasteiger charge is 2.72. The fourth-order valence-electron chi connectivity index (χ4n) is 8.78. The van der Waals surface area contributed by atoms with E-state index in [0.717, 1.165) is 55.7 Å². The Kier molecular flexibility index (Phi) is 8.46. The Labute approximate surface area is 257 Å². The van der Waals surface area contributed by atoms with Crippen LogP contribution in [0.3, 0.4) is 0 Å². The molecule has 0 radical (unpaired) electrons. The van der Waals surface area contributed by atoms with Gasteiger partial charge in [-0.15, -0.1) is 0 Å². The molecule has 2 bridgehead atoms. The van der Waals surface area contributed by atoms with E-state index < -0.39 is 29.6 Å². The second kappa shape index (κ2) is 12.0. The largest absolute Gasteiger partial charge is 0.359 e. The van der Waals surface area contributed by atoms with Crippen molar-refractivity contribution in [1.29, 1.82) is 0 Å². The number of likely N-dealkylation sites (tertiary alicyclic amines) is 2. The lowest BCUT2D eigenvalue weighted by molar-refractivity contribution is -0.141. The molecule has 4 heterocycles. The van der Waals surface area contributed by atoms with Crippen LogP contribution >= 0.6 is 0 Å². The molecule has 6 rings (SSSR count). The van der Waals surface area contributed by atoms with Gasteiger partial charge in [0, 0.05) is 24.8 Å². The molecule has 4 fully saturated rings. The fourth-order valence-corrected chi connectivity index (χ4v) is 8.78. The quantitative estimate of drug-likeness (QED) is 0.437. The van der Waals surface area contributed by atoms with Gasteiger partial charge in [-0.1, -0.05) is 51.8 Å². The van der Waals surface area contributed by atoms with Gasteiger partial charge in [0.25, 0.3) is 0 Å². The summed E-state index contributed by atoms with van der Waals surface area (Å²) in [6.45, 7) is 14.3. The van der Waals surface area contributed by atoms with Crippen molar-refractivity contribution in [2.24, 2.45) is 29.6 Å². The van der Waals surface area contributed by atoms with Crippen LogP contribution in [0.2, 0.25) is 0 Å². The number of carbonyl (C=O) groups excluding carboxylic acids is 3. The number of rotatable bonds is 8. The Bertz CT molecular complexity index is 1260. The van der Waals surface area contributed by atoms with Gasteiger partial charge in [0.1, 0.15) is 11.6 Å². The summed E-state index contributed by atoms with van der Waals surface area (Å²) in [6.07, 6.45) is 9.76. The van der Waals surface area contributed by atoms with Gasteiger partial charge >= 0.3 is 0 Å². The molecule has 2 N–H and O–H groups in total. The van der Waals surface area contributed by atoms with Crippen molar-refractivity contribution in [2.45, 2.75) is 96.9 Å². The van der Waals surface area contributed by atoms with Gasteiger partial charge in [-0.3, -0.25) is 14.4 Å². The van der Waals surface area contributed by atoms with Crippen LogP contribution in [0.1, 0.15) is 70.4 Å². The lowest BCUT2D eigenvalue weighted by Gasteiger charge is -2.38. The molecular formula is C35H50N4O4. The smallest absolute Gasteiger partial charge is 0.246 e. The number of ether oxygens (including phenoxy) is 1. The molecule has 234 valence electrons. The minimum Gasteiger partial charge on any atom is -0.359 e. The van der Waals surface area contributed by atoms with Crippen LogP contribution in [-0.4, -0.2) is 77.5 Å². The van der Waals surface area contributed by atoms with Crippen LogP contribution in [0.4, 0.5) is 5.69 Å². The summed E-state index contributed by atoms with van der Waals surface area (Å²) in [7, 11) is 0. The number of amides is 3. The average Bonchev–Trinajstić information content (AvgIpc) is 3.58. The number of anilines is 1. The average molecular weight is 591 g/mol. The highest BCUT2D eigenvalue weighted by Crippen LogP contribution is 2.55. The van der Waals surface area contributed by atoms with E-state index >= 15 is 0 Å². The molecule has 9 atom stereocenters. The predicted octanol–water partition coefficient (Wildman–Crippen LogP) is 4.46. The molecule has 0 aromatic heterocycles. The number of fused-ring (bicyclic) bond motifs is 1. The molecule has 8 heteroatoms. The van der Waals surface area contributed by atoms with Crippen molar-refractivity contribution in [3.05, 3.63) is 41.5 Å². The first-order valence-corrected chi connectivity index (χ1v) is 16.7. The summed E-state index contributed by atoms with van der Waals surface area (Å²) in [5.74, 6) is -0.321. The molecule has 3 saturated heterocycles. The summed E-state index contributed by atoms with van der Waals surface area (Å²) in [5.41, 5.74) is 1.71. The topological polar surface area (TPSA) is 91.0 Å². The van der Waals surface area contributed by atoms with Crippen molar-refractivity contribution >= 4 is 23.4 Å². The fraction of sp³-hybridized carbons (Fsp3) is 0.686. The second-order valence-corrected chi connectivity index (χ2v) is 14.4. The number of hydrogen-bond donors (Lipinski definition) is 2. The maximum Gasteiger partial charge on any atom is 0.246 e. The van der Waals surface area contributed by atoms with Crippen LogP contribution in [-0.2, 0) is 19.1 Å². The van der Waals surface area contributed by atoms with Gasteiger partial charge in [-0.05, 0) is 93.6 Å². The molecule has 5 aliphatic rings. The molecule has 1 aromatic carbocycles. The number of nitrogens with zero attached hydrogens (tertiary/aromatic N) is 2. The second-order valence-electron chi connectivity index (χ2n) is 14.4. The van der Waals surface area contributed by atoms with E-state index in [0.29, 0.717) is 24.3 Å². The normalized spacial score (nSPS) is 37.0. The van der Waals surface area contributed by atoms with Gasteiger partial charge in [0.15, 0.2) is 0 Å². The molecule has 8 nitrogen and oxygen atoms in total. The number of aryl methyl sites for hydroxylation is 2. The molecule has 3 amide bonds. The molecule has 1 aliphatic carbocycles. The van der Waals surface area contributed by atoms with E-state index in [2.05, 4.69) is 42.4 Å². The van der Waals surface area contributed by atoms with Crippen molar-refractivity contribution in [3.63, 3.8) is 0 Å². The minimum atomic E-state index is -1.13. The van der Waals surface area contributed by atoms with E-state index in [1.807, 2.05) is 38.1 Å². The van der Waals surface area contributed by atoms with E-state index in [9.17, 15) is 14.4 Å². The van der Waals surface area contributed by atoms with Crippen LogP contribution < -0.4 is 10.6 Å². The lowest BCUT2D eigenvalue weighted by Crippen LogP contribution is -2.58. The zero-order valence-electron chi connectivity index (χ0n) is 26.6. The summed E-state index contributed by atoms with van der Waals surface area (Å²) in [4.78, 5) is 46.7. The van der Waals surface area contributed by atoms with Gasteiger partial charge in [-0.25, -0.2) is 0 Å². The maximum absolute atomic E-state index is 14.3. The van der Waals surface area contributed by atoms with Crippen molar-refractivity contribution < 1.29 is 19.1 Å². The van der Waals surface area contributed by atoms with Crippen LogP contribution in [0, 0.1) is 43.4 Å². The summed E-state index contributed by atoms with van der Waals surface area (Å²) in [6, 6.07) is 5.24. The number of hydrogen-bond acceptors (Lipinski definition) is 5. The van der Waals surface area contributed by atoms with Crippen LogP contribution in [0.25, 0.3) is 0 Å². The third kappa shape index (κ3) is 5.66. The predicted molar refractivity (Wildman–Crippen MR) is 167 cm³/mol. The Morgan fingerprint density at radius 3 is 2.51 bits per heavy atom. The van der Waals surface area contributed by atoms with Gasteiger partial charge in [0.05, 0.1) is 17.9 Å². The van der Waals surface area contributed by atoms with Gasteiger partial charge in [-0.2, -0.15) is 0 Å². The van der Waals surface area contributed by atoms with E-state index in [-0.39, 0.29) is 23.8 Å². The van der Waals surface area contributed by atoms with Crippen molar-refractivity contribution in [3.8, 4) is 0 Å². The summed E-state index contributed by atoms with van der Waals surface area (Å²) < 4.78 is 6.58. The minimum absolute atomic E-state index is 0.0738. The molecular weight excluding hydrogens is 540 g/mol. The van der Waals surface area contributed by atoms with Crippen molar-refractivity contribution in [2.75, 3.05) is 31.5 Å². The molecule has 1 spiro atoms. The summed E-state index contributed by atoms with van der Waals surface area (Å²) in [5, 5.41) is 6.44. The first-order chi connectivity index (χ1) is 20.6. The zero-order chi connectivity index (χ0) is 30.5. The van der Waals surface area contributed by atoms with E-state index in [4.69, 9.17) is 4.74 Å². The standard InChI is InChI=1S/C35H50N4O4/c1-21-9-7-14-38(20-21)15-8-16-39-31(33(41)37-27-11-6-10-24(4)25(27)5)35-13-12-28(43-35)29(30(35)34(39)42)32(40)36-26-18-22(2)17-23(3)19-26/h12-13,17-19,21,24-25,27-31H,6-11,14-16,20H2,1-5H3,(H,36,40)(H,37,41)/t21-,24-,25+,27+,28-,29+,30-,31-,35-/m0/s1. The first kappa shape index (κ1) is 30.3. The number of benzene rings is 1. The Morgan fingerprint density at radius 2 is 1.77 bits per heavy atom. The number of carbonyl (C=O) groups is 3. The third-order valence-electron chi connectivity index (χ3n) is 11.1. The van der Waals surface area contributed by atoms with Crippen LogP contribution in [0.5, 0.6) is 0 Å². The molecule has 0 unspecified atom stereocenters. The molecule has 1 saturated carbocycles. The number of piperidine rings is 1. The van der Waals surface area contributed by atoms with Crippen LogP contribution in [0.15, 0.2) is 30.4 Å². The first-order valence-electron chi connectivity index (χ1n) is 16.7. The molecule has 4 aliphatic heterocycles.